The van der Waals surface area contributed by atoms with Crippen LogP contribution in [-0.2, 0) is 35.2 Å². The second-order valence-electron chi connectivity index (χ2n) is 12.9. The van der Waals surface area contributed by atoms with E-state index in [9.17, 15) is 4.79 Å². The van der Waals surface area contributed by atoms with Crippen LogP contribution in [0.4, 0.5) is 5.82 Å². The number of hydrogen-bond acceptors (Lipinski definition) is 8. The van der Waals surface area contributed by atoms with E-state index in [2.05, 4.69) is 76.5 Å². The van der Waals surface area contributed by atoms with Crippen molar-refractivity contribution < 1.29 is 14.3 Å². The van der Waals surface area contributed by atoms with E-state index in [0.717, 1.165) is 75.5 Å². The zero-order valence-electron chi connectivity index (χ0n) is 27.1. The number of piperazine rings is 1. The quantitative estimate of drug-likeness (QED) is 0.127. The second-order valence-corrected chi connectivity index (χ2v) is 13.7. The summed E-state index contributed by atoms with van der Waals surface area (Å²) in [7, 11) is 0. The number of nitrogens with two attached hydrogens (primary N) is 1. The van der Waals surface area contributed by atoms with Crippen LogP contribution in [0.15, 0.2) is 66.7 Å². The molecule has 0 radical (unpaired) electrons. The lowest BCUT2D eigenvalue weighted by Crippen LogP contribution is -2.47. The lowest BCUT2D eigenvalue weighted by molar-refractivity contribution is -0.154. The van der Waals surface area contributed by atoms with Crippen molar-refractivity contribution >= 4 is 33.4 Å². The highest BCUT2D eigenvalue weighted by Gasteiger charge is 2.20. The van der Waals surface area contributed by atoms with Crippen LogP contribution in [0.25, 0.3) is 10.1 Å². The molecule has 1 saturated heterocycles. The first kappa shape index (κ1) is 32.9. The van der Waals surface area contributed by atoms with Crippen LogP contribution < -0.4 is 15.4 Å². The number of anilines is 1. The van der Waals surface area contributed by atoms with Crippen molar-refractivity contribution in [2.45, 2.75) is 64.9 Å². The highest BCUT2D eigenvalue weighted by Crippen LogP contribution is 2.30. The largest absolute Gasteiger partial charge is 0.493 e. The average molecular weight is 629 g/mol. The van der Waals surface area contributed by atoms with Gasteiger partial charge in [0.15, 0.2) is 0 Å². The van der Waals surface area contributed by atoms with Crippen molar-refractivity contribution in [3.8, 4) is 5.75 Å². The van der Waals surface area contributed by atoms with Crippen molar-refractivity contribution in [1.82, 2.24) is 9.27 Å². The zero-order valence-corrected chi connectivity index (χ0v) is 27.9. The molecule has 0 amide bonds. The molecule has 0 atom stereocenters. The third-order valence-electron chi connectivity index (χ3n) is 8.15. The molecule has 1 aliphatic rings. The Morgan fingerprint density at radius 3 is 2.33 bits per heavy atom. The molecule has 0 aliphatic carbocycles. The van der Waals surface area contributed by atoms with Crippen LogP contribution in [0.2, 0.25) is 0 Å². The van der Waals surface area contributed by atoms with E-state index >= 15 is 0 Å². The van der Waals surface area contributed by atoms with Crippen LogP contribution >= 0.6 is 11.5 Å². The first-order chi connectivity index (χ1) is 21.8. The molecule has 5 rings (SSSR count). The topological polar surface area (TPSA) is 80.9 Å². The maximum atomic E-state index is 12.3. The second kappa shape index (κ2) is 15.7. The summed E-state index contributed by atoms with van der Waals surface area (Å²) in [6.07, 6.45) is 4.65. The number of esters is 1. The molecule has 0 spiro atoms. The first-order valence-electron chi connectivity index (χ1n) is 16.3. The Morgan fingerprint density at radius 2 is 1.58 bits per heavy atom. The minimum atomic E-state index is -0.466. The van der Waals surface area contributed by atoms with Crippen molar-refractivity contribution in [2.75, 3.05) is 50.8 Å². The van der Waals surface area contributed by atoms with Gasteiger partial charge in [0.25, 0.3) is 0 Å². The summed E-state index contributed by atoms with van der Waals surface area (Å²) >= 11 is 1.59. The fraction of sp³-hybridized carbons (Fsp3) is 0.459. The van der Waals surface area contributed by atoms with Gasteiger partial charge in [0.2, 0.25) is 0 Å². The maximum absolute atomic E-state index is 12.3. The Labute approximate surface area is 272 Å². The van der Waals surface area contributed by atoms with E-state index in [1.807, 2.05) is 20.8 Å². The third kappa shape index (κ3) is 9.76. The van der Waals surface area contributed by atoms with Crippen LogP contribution in [-0.4, -0.2) is 66.7 Å². The predicted molar refractivity (Wildman–Crippen MR) is 186 cm³/mol. The SMILES string of the molecule is CC(C)(C)OC(=O)CCc1cc(CCN)cc(CCc2ccccc2OCCCN2CCN(c3nsc4ccccc34)CC2)c1. The zero-order chi connectivity index (χ0) is 31.6. The summed E-state index contributed by atoms with van der Waals surface area (Å²) in [6, 6.07) is 23.6. The molecule has 0 saturated carbocycles. The van der Waals surface area contributed by atoms with Crippen molar-refractivity contribution in [3.63, 3.8) is 0 Å². The fourth-order valence-corrected chi connectivity index (χ4v) is 6.76. The van der Waals surface area contributed by atoms with Gasteiger partial charge < -0.3 is 20.1 Å². The van der Waals surface area contributed by atoms with Gasteiger partial charge in [0.1, 0.15) is 17.2 Å². The van der Waals surface area contributed by atoms with Crippen molar-refractivity contribution in [3.05, 3.63) is 89.0 Å². The molecular weight excluding hydrogens is 580 g/mol. The minimum Gasteiger partial charge on any atom is -0.493 e. The number of benzene rings is 3. The Balaban J connectivity index is 1.09. The predicted octanol–water partition coefficient (Wildman–Crippen LogP) is 6.45. The Hall–Kier alpha value is -3.46. The molecule has 45 heavy (non-hydrogen) atoms. The van der Waals surface area contributed by atoms with E-state index in [-0.39, 0.29) is 5.97 Å². The molecular formula is C37H48N4O3S. The van der Waals surface area contributed by atoms with E-state index in [1.165, 1.54) is 26.8 Å². The summed E-state index contributed by atoms with van der Waals surface area (Å²) < 4.78 is 17.8. The third-order valence-corrected chi connectivity index (χ3v) is 8.96. The summed E-state index contributed by atoms with van der Waals surface area (Å²) in [5.74, 6) is 1.95. The molecule has 1 fully saturated rings. The number of ether oxygens (including phenoxy) is 2. The highest BCUT2D eigenvalue weighted by atomic mass is 32.1. The van der Waals surface area contributed by atoms with E-state index in [1.54, 1.807) is 11.5 Å². The van der Waals surface area contributed by atoms with Gasteiger partial charge in [-0.25, -0.2) is 0 Å². The summed E-state index contributed by atoms with van der Waals surface area (Å²) in [4.78, 5) is 17.3. The van der Waals surface area contributed by atoms with Crippen LogP contribution in [0.5, 0.6) is 5.75 Å². The van der Waals surface area contributed by atoms with E-state index < -0.39 is 5.60 Å². The molecule has 3 aromatic carbocycles. The standard InChI is InChI=1S/C37H48N4O3S/c1-37(2,3)44-35(42)16-14-29-25-28(26-30(27-29)17-18-38)13-15-31-9-4-6-11-33(31)43-24-8-19-40-20-22-41(23-21-40)36-32-10-5-7-12-34(32)45-39-36/h4-7,9-12,25-27H,8,13-24,38H2,1-3H3. The van der Waals surface area contributed by atoms with E-state index in [4.69, 9.17) is 19.6 Å². The molecule has 1 aliphatic heterocycles. The Bertz CT molecular complexity index is 1540. The molecule has 0 bridgehead atoms. The van der Waals surface area contributed by atoms with Crippen molar-refractivity contribution in [1.29, 1.82) is 0 Å². The van der Waals surface area contributed by atoms with Crippen LogP contribution in [0, 0.1) is 0 Å². The number of fused-ring (bicyclic) bond motifs is 1. The average Bonchev–Trinajstić information content (AvgIpc) is 3.45. The molecule has 4 aromatic rings. The number of carbonyl (C=O) groups is 1. The van der Waals surface area contributed by atoms with Gasteiger partial charge in [-0.05, 0) is 111 Å². The molecule has 8 heteroatoms. The minimum absolute atomic E-state index is 0.161. The van der Waals surface area contributed by atoms with Crippen molar-refractivity contribution in [2.24, 2.45) is 5.73 Å². The summed E-state index contributed by atoms with van der Waals surface area (Å²) in [6.45, 7) is 12.2. The lowest BCUT2D eigenvalue weighted by atomic mass is 9.96. The lowest BCUT2D eigenvalue weighted by Gasteiger charge is -2.35. The first-order valence-corrected chi connectivity index (χ1v) is 17.1. The molecule has 1 aromatic heterocycles. The highest BCUT2D eigenvalue weighted by molar-refractivity contribution is 7.13. The van der Waals surface area contributed by atoms with Crippen LogP contribution in [0.1, 0.15) is 55.9 Å². The van der Waals surface area contributed by atoms with Crippen LogP contribution in [0.3, 0.4) is 0 Å². The van der Waals surface area contributed by atoms with Gasteiger partial charge in [-0.3, -0.25) is 9.69 Å². The molecule has 240 valence electrons. The van der Waals surface area contributed by atoms with Gasteiger partial charge in [-0.15, -0.1) is 0 Å². The smallest absolute Gasteiger partial charge is 0.306 e. The van der Waals surface area contributed by atoms with Gasteiger partial charge >= 0.3 is 5.97 Å². The maximum Gasteiger partial charge on any atom is 0.306 e. The fourth-order valence-electron chi connectivity index (χ4n) is 5.96. The van der Waals surface area contributed by atoms with Gasteiger partial charge in [-0.1, -0.05) is 48.5 Å². The molecule has 2 N–H and O–H groups in total. The van der Waals surface area contributed by atoms with Gasteiger partial charge in [-0.2, -0.15) is 4.37 Å². The monoisotopic (exact) mass is 628 g/mol. The number of aryl methyl sites for hydroxylation is 3. The number of nitrogens with zero attached hydrogens (tertiary/aromatic N) is 3. The summed E-state index contributed by atoms with van der Waals surface area (Å²) in [5.41, 5.74) is 10.3. The normalized spacial score (nSPS) is 14.2. The number of rotatable bonds is 14. The molecule has 2 heterocycles. The number of aromatic nitrogens is 1. The molecule has 0 unspecified atom stereocenters. The van der Waals surface area contributed by atoms with Gasteiger partial charge in [0.05, 0.1) is 11.3 Å². The van der Waals surface area contributed by atoms with E-state index in [0.29, 0.717) is 26.0 Å². The number of para-hydroxylation sites is 1. The summed E-state index contributed by atoms with van der Waals surface area (Å²) in [5, 5.41) is 1.27. The molecule has 7 nitrogen and oxygen atoms in total. The number of hydrogen-bond donors (Lipinski definition) is 1. The Morgan fingerprint density at radius 1 is 0.889 bits per heavy atom. The van der Waals surface area contributed by atoms with Gasteiger partial charge in [0, 0.05) is 44.5 Å². The Kier molecular flexibility index (Phi) is 11.5. The number of carbonyl (C=O) groups excluding carboxylic acids is 1.